The van der Waals surface area contributed by atoms with Gasteiger partial charge in [-0.15, -0.1) is 0 Å². The number of benzene rings is 3. The van der Waals surface area contributed by atoms with Crippen molar-refractivity contribution < 1.29 is 52.3 Å². The van der Waals surface area contributed by atoms with E-state index >= 15 is 0 Å². The number of methoxy groups -OCH3 is 1. The van der Waals surface area contributed by atoms with E-state index in [-0.39, 0.29) is 47.2 Å². The van der Waals surface area contributed by atoms with Crippen LogP contribution in [0.15, 0.2) is 132 Å². The number of carboxylic acid groups (broad SMARTS) is 1. The molecule has 0 bridgehead atoms. The molecule has 2 aliphatic carbocycles. The molecule has 7 heterocycles. The number of aromatic amines is 2. The van der Waals surface area contributed by atoms with E-state index in [4.69, 9.17) is 29.1 Å². The van der Waals surface area contributed by atoms with Gasteiger partial charge in [-0.05, 0) is 142 Å². The molecule has 20 nitrogen and oxygen atoms in total. The molecule has 428 valence electrons. The number of nitrogens with one attached hydrogen (secondary N) is 4. The standard InChI is InChI=1S/C33H35N5O4.C24H25N5O4.C2HF3O2/c1-33(2)41-29-23(17-27(30(29)42-33)38-15-14-25-31(38)35-19-36-32(25)39)9-5-20-4-8-22-10-13-28(37-26(22)16-20)34-18-21-6-11-24(40-3)12-7-21;1-13(30)27-20-7-6-15-4-2-14(10-18(15)28-20)3-5-16-11-19(22(32)21(16)31)29-9-8-17-23(29)25-12-26-24(17)33;3-2(4,5)1(6)7/h4,6-8,10-16,19,23,27,29-30H,5,9,17-18H2,1-3H3,(H,34,37)(H,35,36,39);2,4,6-10,12,16,19,21-22,31-32H,3,5,11H2,1H3,(H,25,26,33)(H,27,28,30);(H,6,7)/t23-,27+,29+,30-;16-,19+,21+,22-;/m00./s1. The predicted molar refractivity (Wildman–Crippen MR) is 299 cm³/mol. The molecule has 6 aromatic heterocycles. The van der Waals surface area contributed by atoms with Crippen LogP contribution in [0.25, 0.3) is 43.9 Å². The average Bonchev–Trinajstić information content (AvgIpc) is 2.97. The van der Waals surface area contributed by atoms with Crippen LogP contribution < -0.4 is 26.5 Å². The lowest BCUT2D eigenvalue weighted by molar-refractivity contribution is -0.192. The number of hydrogen-bond acceptors (Lipinski definition) is 14. The molecule has 0 radical (unpaired) electrons. The van der Waals surface area contributed by atoms with Gasteiger partial charge in [0.05, 0.1) is 65.9 Å². The highest BCUT2D eigenvalue weighted by molar-refractivity contribution is 5.90. The number of aliphatic hydroxyl groups excluding tert-OH is 2. The van der Waals surface area contributed by atoms with Crippen LogP contribution in [0.5, 0.6) is 5.75 Å². The molecule has 3 fully saturated rings. The number of alkyl halides is 3. The number of fused-ring (bicyclic) bond motifs is 5. The molecule has 2 saturated carbocycles. The lowest BCUT2D eigenvalue weighted by Gasteiger charge is -2.24. The number of carbonyl (C=O) groups excluding carboxylic acids is 1. The lowest BCUT2D eigenvalue weighted by atomic mass is 9.95. The number of anilines is 2. The molecule has 3 aliphatic rings. The Labute approximate surface area is 466 Å². The van der Waals surface area contributed by atoms with Gasteiger partial charge >= 0.3 is 12.1 Å². The summed E-state index contributed by atoms with van der Waals surface area (Å²) >= 11 is 0. The Morgan fingerprint density at radius 1 is 0.707 bits per heavy atom. The quantitative estimate of drug-likeness (QED) is 0.0571. The molecule has 12 rings (SSSR count). The molecular formula is C59H61F3N10O10. The minimum Gasteiger partial charge on any atom is -0.497 e. The van der Waals surface area contributed by atoms with Crippen molar-refractivity contribution in [3.8, 4) is 5.75 Å². The van der Waals surface area contributed by atoms with Crippen molar-refractivity contribution in [2.45, 2.75) is 114 Å². The van der Waals surface area contributed by atoms with Crippen molar-refractivity contribution in [1.82, 2.24) is 39.0 Å². The van der Waals surface area contributed by atoms with E-state index < -0.39 is 30.1 Å². The second-order valence-electron chi connectivity index (χ2n) is 21.3. The van der Waals surface area contributed by atoms with E-state index in [0.29, 0.717) is 59.6 Å². The van der Waals surface area contributed by atoms with Crippen LogP contribution in [0.3, 0.4) is 0 Å². The number of aliphatic carboxylic acids is 1. The Bertz CT molecular complexity index is 3900. The number of halogens is 3. The zero-order valence-corrected chi connectivity index (χ0v) is 45.1. The summed E-state index contributed by atoms with van der Waals surface area (Å²) in [6.45, 7) is 6.09. The molecule has 9 aromatic rings. The Balaban J connectivity index is 0.000000168. The monoisotopic (exact) mass is 1130 g/mol. The largest absolute Gasteiger partial charge is 0.497 e. The topological polar surface area (TPSA) is 274 Å². The first-order valence-electron chi connectivity index (χ1n) is 26.8. The van der Waals surface area contributed by atoms with Gasteiger partial charge in [0, 0.05) is 36.6 Å². The number of hydrogen-bond donors (Lipinski definition) is 7. The minimum absolute atomic E-state index is 0.0169. The highest BCUT2D eigenvalue weighted by Crippen LogP contribution is 2.49. The summed E-state index contributed by atoms with van der Waals surface area (Å²) in [5.74, 6) is -1.16. The van der Waals surface area contributed by atoms with Crippen molar-refractivity contribution in [2.75, 3.05) is 17.7 Å². The fraction of sp³-hybridized carbons (Fsp3) is 0.356. The maximum atomic E-state index is 12.3. The third kappa shape index (κ3) is 12.5. The van der Waals surface area contributed by atoms with Gasteiger partial charge in [-0.3, -0.25) is 14.4 Å². The molecule has 23 heteroatoms. The van der Waals surface area contributed by atoms with E-state index in [1.54, 1.807) is 30.0 Å². The number of carboxylic acids is 1. The zero-order valence-electron chi connectivity index (χ0n) is 45.1. The molecule has 1 aliphatic heterocycles. The van der Waals surface area contributed by atoms with Gasteiger partial charge in [0.25, 0.3) is 11.1 Å². The number of rotatable bonds is 13. The highest BCUT2D eigenvalue weighted by Gasteiger charge is 2.54. The van der Waals surface area contributed by atoms with Gasteiger partial charge in [0.2, 0.25) is 5.91 Å². The molecular weight excluding hydrogens is 1070 g/mol. The third-order valence-electron chi connectivity index (χ3n) is 15.4. The Hall–Kier alpha value is -8.51. The molecule has 3 aromatic carbocycles. The van der Waals surface area contributed by atoms with Gasteiger partial charge in [-0.1, -0.05) is 36.4 Å². The average molecular weight is 1130 g/mol. The van der Waals surface area contributed by atoms with Crippen molar-refractivity contribution in [2.24, 2.45) is 11.8 Å². The van der Waals surface area contributed by atoms with E-state index in [0.717, 1.165) is 63.8 Å². The molecule has 0 unspecified atom stereocenters. The lowest BCUT2D eigenvalue weighted by Crippen LogP contribution is -2.29. The Morgan fingerprint density at radius 3 is 1.77 bits per heavy atom. The number of amides is 1. The van der Waals surface area contributed by atoms with Crippen LogP contribution in [0.2, 0.25) is 0 Å². The number of carbonyl (C=O) groups is 2. The van der Waals surface area contributed by atoms with Crippen LogP contribution in [-0.2, 0) is 38.4 Å². The molecule has 82 heavy (non-hydrogen) atoms. The van der Waals surface area contributed by atoms with Crippen LogP contribution >= 0.6 is 0 Å². The maximum absolute atomic E-state index is 12.3. The van der Waals surface area contributed by atoms with Crippen LogP contribution in [0.1, 0.15) is 75.2 Å². The predicted octanol–water partition coefficient (Wildman–Crippen LogP) is 8.39. The van der Waals surface area contributed by atoms with Crippen molar-refractivity contribution in [1.29, 1.82) is 0 Å². The summed E-state index contributed by atoms with van der Waals surface area (Å²) in [5.41, 5.74) is 6.09. The molecule has 1 amide bonds. The smallest absolute Gasteiger partial charge is 0.490 e. The summed E-state index contributed by atoms with van der Waals surface area (Å²) in [4.78, 5) is 67.9. The Morgan fingerprint density at radius 2 is 1.21 bits per heavy atom. The number of aromatic nitrogens is 8. The van der Waals surface area contributed by atoms with Gasteiger partial charge in [0.1, 0.15) is 40.9 Å². The number of H-pyrrole nitrogens is 2. The second-order valence-corrected chi connectivity index (χ2v) is 21.3. The molecule has 8 atom stereocenters. The van der Waals surface area contributed by atoms with Crippen LogP contribution in [0.4, 0.5) is 24.8 Å². The number of ether oxygens (including phenoxy) is 3. The number of nitrogens with zero attached hydrogens (tertiary/aromatic N) is 6. The molecule has 7 N–H and O–H groups in total. The first-order chi connectivity index (χ1) is 39.2. The summed E-state index contributed by atoms with van der Waals surface area (Å²) < 4.78 is 53.8. The fourth-order valence-corrected chi connectivity index (χ4v) is 11.4. The Kier molecular flexibility index (Phi) is 16.3. The third-order valence-corrected chi connectivity index (χ3v) is 15.4. The van der Waals surface area contributed by atoms with Crippen molar-refractivity contribution in [3.05, 3.63) is 160 Å². The van der Waals surface area contributed by atoms with Crippen molar-refractivity contribution >= 4 is 67.4 Å². The number of aryl methyl sites for hydroxylation is 2. The minimum atomic E-state index is -5.08. The zero-order chi connectivity index (χ0) is 58.0. The van der Waals surface area contributed by atoms with Gasteiger partial charge in [-0.25, -0.2) is 24.7 Å². The van der Waals surface area contributed by atoms with E-state index in [9.17, 15) is 37.8 Å². The normalized spacial score (nSPS) is 21.9. The summed E-state index contributed by atoms with van der Waals surface area (Å²) in [7, 11) is 1.67. The van der Waals surface area contributed by atoms with E-state index in [1.165, 1.54) is 25.1 Å². The van der Waals surface area contributed by atoms with Gasteiger partial charge < -0.3 is 59.3 Å². The van der Waals surface area contributed by atoms with E-state index in [2.05, 4.69) is 76.5 Å². The van der Waals surface area contributed by atoms with Crippen LogP contribution in [0, 0.1) is 11.8 Å². The van der Waals surface area contributed by atoms with Gasteiger partial charge in [-0.2, -0.15) is 13.2 Å². The number of pyridine rings is 2. The fourth-order valence-electron chi connectivity index (χ4n) is 11.4. The summed E-state index contributed by atoms with van der Waals surface area (Å²) in [6.07, 6.45) is 4.29. The van der Waals surface area contributed by atoms with Crippen molar-refractivity contribution in [3.63, 3.8) is 0 Å². The SMILES string of the molecule is CC(=O)Nc1ccc2ccc(CC[C@H]3C[C@@H](n4ccc5c(=O)[nH]cnc54)[C@H](O)[C@@H]3O)cc2n1.COc1ccc(CNc2ccc3ccc(CC[C@H]4C[C@@H](n5ccc6c(=O)[nH]cnc65)[C@@H]5OC(C)(C)O[C@H]45)cc3n2)cc1.O=C(O)C(F)(F)F. The van der Waals surface area contributed by atoms with Crippen LogP contribution in [-0.4, -0.2) is 110 Å². The van der Waals surface area contributed by atoms with Gasteiger partial charge in [0.15, 0.2) is 5.79 Å². The maximum Gasteiger partial charge on any atom is 0.490 e. The number of aliphatic hydroxyl groups is 2. The first kappa shape index (κ1) is 56.8. The summed E-state index contributed by atoms with van der Waals surface area (Å²) in [6, 6.07) is 31.7. The molecule has 0 spiro atoms. The van der Waals surface area contributed by atoms with E-state index in [1.807, 2.05) is 68.6 Å². The summed E-state index contributed by atoms with van der Waals surface area (Å²) in [5, 5.41) is 37.9. The second kappa shape index (κ2) is 23.5. The first-order valence-corrected chi connectivity index (χ1v) is 26.8. The molecule has 1 saturated heterocycles. The highest BCUT2D eigenvalue weighted by atomic mass is 19.4.